The molecule has 1 aromatic carbocycles. The van der Waals surface area contributed by atoms with Crippen LogP contribution in [0.2, 0.25) is 0 Å². The number of thiol groups is 1. The molecule has 1 N–H and O–H groups in total. The van der Waals surface area contributed by atoms with Crippen LogP contribution in [0.1, 0.15) is 5.56 Å². The van der Waals surface area contributed by atoms with Crippen LogP contribution in [0.5, 0.6) is 0 Å². The van der Waals surface area contributed by atoms with Gasteiger partial charge in [0.2, 0.25) is 5.91 Å². The molecule has 1 fully saturated rings. The number of carbonyl (C=O) groups excluding carboxylic acids is 1. The first-order valence-corrected chi connectivity index (χ1v) is 6.22. The van der Waals surface area contributed by atoms with E-state index in [0.717, 1.165) is 5.70 Å². The van der Waals surface area contributed by atoms with E-state index in [1.165, 1.54) is 5.56 Å². The molecule has 0 spiro atoms. The van der Waals surface area contributed by atoms with Crippen LogP contribution in [0.15, 0.2) is 42.6 Å². The predicted molar refractivity (Wildman–Crippen MR) is 71.8 cm³/mol. The lowest BCUT2D eigenvalue weighted by atomic mass is 10.1. The summed E-state index contributed by atoms with van der Waals surface area (Å²) < 4.78 is 0. The van der Waals surface area contributed by atoms with Crippen molar-refractivity contribution in [1.29, 1.82) is 0 Å². The second-order valence-electron chi connectivity index (χ2n) is 4.10. The highest BCUT2D eigenvalue weighted by Crippen LogP contribution is 2.18. The van der Waals surface area contributed by atoms with Crippen molar-refractivity contribution in [3.63, 3.8) is 0 Å². The maximum atomic E-state index is 11.7. The van der Waals surface area contributed by atoms with Gasteiger partial charge in [-0.15, -0.1) is 0 Å². The van der Waals surface area contributed by atoms with Gasteiger partial charge in [-0.25, -0.2) is 0 Å². The average molecular weight is 248 g/mol. The summed E-state index contributed by atoms with van der Waals surface area (Å²) >= 11 is 4.25. The third-order valence-corrected chi connectivity index (χ3v) is 3.27. The molecule has 1 saturated heterocycles. The van der Waals surface area contributed by atoms with Crippen molar-refractivity contribution in [2.45, 2.75) is 12.6 Å². The Bertz CT molecular complexity index is 419. The maximum absolute atomic E-state index is 11.7. The zero-order chi connectivity index (χ0) is 12.3. The summed E-state index contributed by atoms with van der Waals surface area (Å²) in [5.74, 6) is 0.529. The molecule has 2 rings (SSSR count). The van der Waals surface area contributed by atoms with Gasteiger partial charge in [0.25, 0.3) is 0 Å². The Balaban J connectivity index is 2.16. The van der Waals surface area contributed by atoms with E-state index in [2.05, 4.69) is 36.7 Å². The van der Waals surface area contributed by atoms with E-state index >= 15 is 0 Å². The van der Waals surface area contributed by atoms with Gasteiger partial charge in [0.05, 0.1) is 6.54 Å². The number of nitrogens with zero attached hydrogens (tertiary/aromatic N) is 1. The fourth-order valence-electron chi connectivity index (χ4n) is 1.95. The Labute approximate surface area is 107 Å². The molecule has 1 atom stereocenters. The first-order valence-electron chi connectivity index (χ1n) is 5.59. The van der Waals surface area contributed by atoms with Crippen LogP contribution in [0.4, 0.5) is 0 Å². The van der Waals surface area contributed by atoms with E-state index in [4.69, 9.17) is 0 Å². The number of hydrogen-bond acceptors (Lipinski definition) is 3. The highest BCUT2D eigenvalue weighted by Gasteiger charge is 2.29. The maximum Gasteiger partial charge on any atom is 0.243 e. The van der Waals surface area contributed by atoms with Crippen molar-refractivity contribution in [2.75, 3.05) is 12.3 Å². The second-order valence-corrected chi connectivity index (χ2v) is 4.46. The lowest BCUT2D eigenvalue weighted by Crippen LogP contribution is -2.54. The number of nitrogens with one attached hydrogen (secondary N) is 1. The summed E-state index contributed by atoms with van der Waals surface area (Å²) in [6, 6.07) is 9.86. The normalized spacial score (nSPS) is 20.3. The molecule has 1 aromatic rings. The van der Waals surface area contributed by atoms with Crippen molar-refractivity contribution < 1.29 is 4.79 Å². The topological polar surface area (TPSA) is 32.3 Å². The molecule has 0 unspecified atom stereocenters. The molecule has 1 heterocycles. The van der Waals surface area contributed by atoms with Gasteiger partial charge in [-0.1, -0.05) is 36.9 Å². The van der Waals surface area contributed by atoms with Crippen molar-refractivity contribution in [2.24, 2.45) is 0 Å². The fourth-order valence-corrected chi connectivity index (χ4v) is 2.32. The minimum absolute atomic E-state index is 0.0309. The van der Waals surface area contributed by atoms with Crippen LogP contribution >= 0.6 is 12.6 Å². The van der Waals surface area contributed by atoms with Gasteiger partial charge in [-0.05, 0) is 5.56 Å². The Kier molecular flexibility index (Phi) is 3.74. The van der Waals surface area contributed by atoms with Crippen LogP contribution in [-0.4, -0.2) is 29.1 Å². The molecule has 3 nitrogen and oxygen atoms in total. The van der Waals surface area contributed by atoms with Crippen LogP contribution in [0.3, 0.4) is 0 Å². The van der Waals surface area contributed by atoms with Crippen molar-refractivity contribution in [3.8, 4) is 0 Å². The molecule has 1 amide bonds. The summed E-state index contributed by atoms with van der Waals surface area (Å²) in [5.41, 5.74) is 2.11. The highest BCUT2D eigenvalue weighted by molar-refractivity contribution is 7.80. The van der Waals surface area contributed by atoms with E-state index in [-0.39, 0.29) is 11.9 Å². The van der Waals surface area contributed by atoms with Crippen molar-refractivity contribution in [1.82, 2.24) is 10.2 Å². The first kappa shape index (κ1) is 12.0. The summed E-state index contributed by atoms with van der Waals surface area (Å²) in [7, 11) is 0. The third-order valence-electron chi connectivity index (χ3n) is 2.92. The summed E-state index contributed by atoms with van der Waals surface area (Å²) in [6.07, 6.45) is 0. The third kappa shape index (κ3) is 2.64. The average Bonchev–Trinajstić information content (AvgIpc) is 2.35. The van der Waals surface area contributed by atoms with Crippen LogP contribution in [0.25, 0.3) is 0 Å². The van der Waals surface area contributed by atoms with Gasteiger partial charge in [0.1, 0.15) is 6.04 Å². The van der Waals surface area contributed by atoms with Crippen LogP contribution < -0.4 is 5.32 Å². The summed E-state index contributed by atoms with van der Waals surface area (Å²) in [4.78, 5) is 13.8. The lowest BCUT2D eigenvalue weighted by Gasteiger charge is -2.37. The van der Waals surface area contributed by atoms with Crippen molar-refractivity contribution >= 4 is 18.5 Å². The number of piperazine rings is 1. The van der Waals surface area contributed by atoms with E-state index < -0.39 is 0 Å². The quantitative estimate of drug-likeness (QED) is 0.793. The Hall–Kier alpha value is -1.42. The largest absolute Gasteiger partial charge is 0.357 e. The predicted octanol–water partition coefficient (Wildman–Crippen LogP) is 1.43. The second kappa shape index (κ2) is 5.27. The van der Waals surface area contributed by atoms with Crippen molar-refractivity contribution in [3.05, 3.63) is 48.2 Å². The molecule has 0 aromatic heterocycles. The molecule has 0 radical (unpaired) electrons. The number of amides is 1. The standard InChI is InChI=1S/C13H16N2OS/c1-10-7-14-13(16)12(9-17)15(10)8-11-5-3-2-4-6-11/h2-6,12,17H,1,7-9H2,(H,14,16)/t12-/m0/s1. The van der Waals surface area contributed by atoms with Crippen LogP contribution in [0, 0.1) is 0 Å². The number of rotatable bonds is 3. The molecule has 4 heteroatoms. The van der Waals surface area contributed by atoms with Gasteiger partial charge in [0.15, 0.2) is 0 Å². The van der Waals surface area contributed by atoms with Gasteiger partial charge in [0, 0.05) is 18.0 Å². The molecular formula is C13H16N2OS. The number of hydrogen-bond donors (Lipinski definition) is 2. The SMILES string of the molecule is C=C1CNC(=O)[C@H](CS)N1Cc1ccccc1. The fraction of sp³-hybridized carbons (Fsp3) is 0.308. The molecule has 1 aliphatic rings. The highest BCUT2D eigenvalue weighted by atomic mass is 32.1. The number of benzene rings is 1. The summed E-state index contributed by atoms with van der Waals surface area (Å²) in [6.45, 7) is 5.23. The molecule has 0 aliphatic carbocycles. The molecule has 0 saturated carbocycles. The zero-order valence-corrected chi connectivity index (χ0v) is 10.5. The molecule has 0 bridgehead atoms. The van der Waals surface area contributed by atoms with E-state index in [0.29, 0.717) is 18.8 Å². The van der Waals surface area contributed by atoms with Gasteiger partial charge in [-0.3, -0.25) is 4.79 Å². The van der Waals surface area contributed by atoms with Crippen LogP contribution in [-0.2, 0) is 11.3 Å². The van der Waals surface area contributed by atoms with E-state index in [1.807, 2.05) is 23.1 Å². The number of carbonyl (C=O) groups is 1. The van der Waals surface area contributed by atoms with Gasteiger partial charge in [-0.2, -0.15) is 12.6 Å². The minimum atomic E-state index is -0.222. The molecule has 90 valence electrons. The molecule has 1 aliphatic heterocycles. The molecule has 17 heavy (non-hydrogen) atoms. The first-order chi connectivity index (χ1) is 8.22. The Morgan fingerprint density at radius 3 is 2.76 bits per heavy atom. The molecular weight excluding hydrogens is 232 g/mol. The Morgan fingerprint density at radius 2 is 2.12 bits per heavy atom. The zero-order valence-electron chi connectivity index (χ0n) is 9.60. The van der Waals surface area contributed by atoms with Gasteiger partial charge < -0.3 is 10.2 Å². The van der Waals surface area contributed by atoms with Gasteiger partial charge >= 0.3 is 0 Å². The van der Waals surface area contributed by atoms with E-state index in [9.17, 15) is 4.79 Å². The summed E-state index contributed by atoms with van der Waals surface area (Å²) in [5, 5.41) is 2.82. The smallest absolute Gasteiger partial charge is 0.243 e. The lowest BCUT2D eigenvalue weighted by molar-refractivity contribution is -0.126. The van der Waals surface area contributed by atoms with E-state index in [1.54, 1.807) is 0 Å². The monoisotopic (exact) mass is 248 g/mol. The Morgan fingerprint density at radius 1 is 1.41 bits per heavy atom. The minimum Gasteiger partial charge on any atom is -0.357 e.